The number of para-hydroxylation sites is 1. The molecule has 0 aliphatic heterocycles. The second kappa shape index (κ2) is 7.36. The molecule has 0 bridgehead atoms. The molecule has 124 valence electrons. The van der Waals surface area contributed by atoms with Gasteiger partial charge in [0.1, 0.15) is 17.5 Å². The molecule has 4 nitrogen and oxygen atoms in total. The van der Waals surface area contributed by atoms with E-state index in [1.807, 2.05) is 55.4 Å². The smallest absolute Gasteiger partial charge is 0.145 e. The second-order valence-corrected chi connectivity index (χ2v) is 6.05. The Morgan fingerprint density at radius 2 is 1.75 bits per heavy atom. The predicted molar refractivity (Wildman–Crippen MR) is 95.5 cm³/mol. The van der Waals surface area contributed by atoms with Gasteiger partial charge in [0.05, 0.1) is 12.1 Å². The van der Waals surface area contributed by atoms with Gasteiger partial charge in [0.25, 0.3) is 0 Å². The molecule has 24 heavy (non-hydrogen) atoms. The number of benzene rings is 2. The number of hydrogen-bond donors (Lipinski definition) is 1. The van der Waals surface area contributed by atoms with Crippen molar-refractivity contribution >= 4 is 16.7 Å². The van der Waals surface area contributed by atoms with E-state index in [4.69, 9.17) is 0 Å². The zero-order valence-electron chi connectivity index (χ0n) is 14.0. The van der Waals surface area contributed by atoms with Crippen molar-refractivity contribution in [3.63, 3.8) is 0 Å². The Morgan fingerprint density at radius 3 is 2.50 bits per heavy atom. The van der Waals surface area contributed by atoms with Crippen LogP contribution in [0.1, 0.15) is 11.4 Å². The number of halogens is 1. The van der Waals surface area contributed by atoms with Crippen molar-refractivity contribution in [3.8, 4) is 0 Å². The summed E-state index contributed by atoms with van der Waals surface area (Å²) in [6, 6.07) is 14.6. The van der Waals surface area contributed by atoms with Crippen LogP contribution in [0.5, 0.6) is 0 Å². The molecular formula is C19H21FN4. The first kappa shape index (κ1) is 16.3. The van der Waals surface area contributed by atoms with Crippen molar-refractivity contribution in [3.05, 3.63) is 65.7 Å². The number of rotatable bonds is 6. The van der Waals surface area contributed by atoms with Gasteiger partial charge >= 0.3 is 0 Å². The van der Waals surface area contributed by atoms with Crippen LogP contribution in [-0.4, -0.2) is 35.5 Å². The lowest BCUT2D eigenvalue weighted by atomic mass is 10.1. The van der Waals surface area contributed by atoms with Gasteiger partial charge in [-0.1, -0.05) is 24.3 Å². The summed E-state index contributed by atoms with van der Waals surface area (Å²) in [6.45, 7) is 1.42. The van der Waals surface area contributed by atoms with E-state index in [1.165, 1.54) is 12.1 Å². The summed E-state index contributed by atoms with van der Waals surface area (Å²) in [6.07, 6.45) is 0.807. The van der Waals surface area contributed by atoms with Crippen molar-refractivity contribution in [2.45, 2.75) is 13.0 Å². The van der Waals surface area contributed by atoms with Gasteiger partial charge < -0.3 is 10.2 Å². The van der Waals surface area contributed by atoms with E-state index >= 15 is 0 Å². The van der Waals surface area contributed by atoms with Crippen LogP contribution in [0.15, 0.2) is 48.5 Å². The third-order valence-electron chi connectivity index (χ3n) is 3.73. The largest absolute Gasteiger partial charge is 0.369 e. The lowest BCUT2D eigenvalue weighted by Gasteiger charge is -2.13. The summed E-state index contributed by atoms with van der Waals surface area (Å²) < 4.78 is 13.0. The fourth-order valence-electron chi connectivity index (χ4n) is 2.59. The molecule has 0 fully saturated rings. The number of nitrogens with one attached hydrogen (secondary N) is 1. The minimum absolute atomic E-state index is 0.207. The van der Waals surface area contributed by atoms with Crippen LogP contribution >= 0.6 is 0 Å². The standard InChI is InChI=1S/C19H21FN4/c1-24(2)13-18-22-17-6-4-3-5-16(17)19(23-18)21-12-11-14-7-9-15(20)10-8-14/h3-10H,11-13H2,1-2H3,(H,21,22,23). The summed E-state index contributed by atoms with van der Waals surface area (Å²) in [5.74, 6) is 1.43. The predicted octanol–water partition coefficient (Wildman–Crippen LogP) is 3.49. The average Bonchev–Trinajstić information content (AvgIpc) is 2.56. The van der Waals surface area contributed by atoms with Crippen LogP contribution in [0.3, 0.4) is 0 Å². The molecule has 5 heteroatoms. The molecular weight excluding hydrogens is 303 g/mol. The molecule has 0 unspecified atom stereocenters. The minimum Gasteiger partial charge on any atom is -0.369 e. The highest BCUT2D eigenvalue weighted by Crippen LogP contribution is 2.20. The zero-order valence-corrected chi connectivity index (χ0v) is 14.0. The third-order valence-corrected chi connectivity index (χ3v) is 3.73. The molecule has 0 radical (unpaired) electrons. The zero-order chi connectivity index (χ0) is 16.9. The van der Waals surface area contributed by atoms with Gasteiger partial charge in [-0.05, 0) is 50.3 Å². The van der Waals surface area contributed by atoms with Crippen molar-refractivity contribution < 1.29 is 4.39 Å². The fraction of sp³-hybridized carbons (Fsp3) is 0.263. The number of hydrogen-bond acceptors (Lipinski definition) is 4. The summed E-state index contributed by atoms with van der Waals surface area (Å²) in [7, 11) is 4.00. The van der Waals surface area contributed by atoms with Crippen molar-refractivity contribution in [2.75, 3.05) is 26.0 Å². The molecule has 0 aliphatic rings. The van der Waals surface area contributed by atoms with E-state index in [2.05, 4.69) is 15.3 Å². The van der Waals surface area contributed by atoms with Crippen LogP contribution in [0.25, 0.3) is 10.9 Å². The third kappa shape index (κ3) is 4.06. The van der Waals surface area contributed by atoms with Gasteiger partial charge in [-0.15, -0.1) is 0 Å². The first-order valence-corrected chi connectivity index (χ1v) is 8.00. The maximum Gasteiger partial charge on any atom is 0.145 e. The van der Waals surface area contributed by atoms with Gasteiger partial charge in [0.15, 0.2) is 0 Å². The van der Waals surface area contributed by atoms with E-state index in [0.717, 1.165) is 41.1 Å². The van der Waals surface area contributed by atoms with Crippen LogP contribution in [-0.2, 0) is 13.0 Å². The summed E-state index contributed by atoms with van der Waals surface area (Å²) >= 11 is 0. The first-order valence-electron chi connectivity index (χ1n) is 8.00. The molecule has 2 aromatic carbocycles. The molecule has 0 atom stereocenters. The summed E-state index contributed by atoms with van der Waals surface area (Å²) in [5, 5.41) is 4.41. The molecule has 3 aromatic rings. The molecule has 0 saturated heterocycles. The Balaban J connectivity index is 1.78. The molecule has 0 amide bonds. The first-order chi connectivity index (χ1) is 11.6. The maximum absolute atomic E-state index is 13.0. The normalized spacial score (nSPS) is 11.2. The highest BCUT2D eigenvalue weighted by atomic mass is 19.1. The van der Waals surface area contributed by atoms with Gasteiger partial charge in [-0.2, -0.15) is 0 Å². The number of anilines is 1. The van der Waals surface area contributed by atoms with Crippen LogP contribution in [0.4, 0.5) is 10.2 Å². The maximum atomic E-state index is 13.0. The quantitative estimate of drug-likeness (QED) is 0.754. The number of fused-ring (bicyclic) bond motifs is 1. The Kier molecular flexibility index (Phi) is 5.01. The van der Waals surface area contributed by atoms with E-state index in [9.17, 15) is 4.39 Å². The minimum atomic E-state index is -0.207. The van der Waals surface area contributed by atoms with Crippen molar-refractivity contribution in [1.82, 2.24) is 14.9 Å². The molecule has 1 aromatic heterocycles. The van der Waals surface area contributed by atoms with Gasteiger partial charge in [-0.3, -0.25) is 0 Å². The molecule has 0 aliphatic carbocycles. The molecule has 0 saturated carbocycles. The molecule has 0 spiro atoms. The molecule has 1 heterocycles. The molecule has 3 rings (SSSR count). The van der Waals surface area contributed by atoms with E-state index < -0.39 is 0 Å². The SMILES string of the molecule is CN(C)Cc1nc(NCCc2ccc(F)cc2)c2ccccc2n1. The van der Waals surface area contributed by atoms with Crippen molar-refractivity contribution in [2.24, 2.45) is 0 Å². The van der Waals surface area contributed by atoms with E-state index in [1.54, 1.807) is 0 Å². The van der Waals surface area contributed by atoms with Crippen molar-refractivity contribution in [1.29, 1.82) is 0 Å². The van der Waals surface area contributed by atoms with E-state index in [0.29, 0.717) is 6.54 Å². The molecule has 1 N–H and O–H groups in total. The Hall–Kier alpha value is -2.53. The second-order valence-electron chi connectivity index (χ2n) is 6.05. The topological polar surface area (TPSA) is 41.1 Å². The summed E-state index contributed by atoms with van der Waals surface area (Å²) in [4.78, 5) is 11.3. The highest BCUT2D eigenvalue weighted by Gasteiger charge is 2.08. The highest BCUT2D eigenvalue weighted by molar-refractivity contribution is 5.88. The monoisotopic (exact) mass is 324 g/mol. The Morgan fingerprint density at radius 1 is 1.00 bits per heavy atom. The average molecular weight is 324 g/mol. The van der Waals surface area contributed by atoms with Gasteiger partial charge in [-0.25, -0.2) is 14.4 Å². The Bertz CT molecular complexity index is 815. The van der Waals surface area contributed by atoms with Gasteiger partial charge in [0.2, 0.25) is 0 Å². The lowest BCUT2D eigenvalue weighted by Crippen LogP contribution is -2.15. The number of nitrogens with zero attached hydrogens (tertiary/aromatic N) is 3. The summed E-state index contributed by atoms with van der Waals surface area (Å²) in [5.41, 5.74) is 2.03. The lowest BCUT2D eigenvalue weighted by molar-refractivity contribution is 0.391. The van der Waals surface area contributed by atoms with E-state index in [-0.39, 0.29) is 5.82 Å². The van der Waals surface area contributed by atoms with Gasteiger partial charge in [0, 0.05) is 11.9 Å². The Labute approximate surface area is 141 Å². The van der Waals surface area contributed by atoms with Crippen LogP contribution in [0, 0.1) is 5.82 Å². The van der Waals surface area contributed by atoms with Crippen LogP contribution < -0.4 is 5.32 Å². The van der Waals surface area contributed by atoms with Crippen LogP contribution in [0.2, 0.25) is 0 Å². The number of aromatic nitrogens is 2. The fourth-order valence-corrected chi connectivity index (χ4v) is 2.59.